The molecule has 1 aromatic carbocycles. The Balaban J connectivity index is 1.60. The summed E-state index contributed by atoms with van der Waals surface area (Å²) in [6.45, 7) is 7.49. The van der Waals surface area contributed by atoms with Crippen LogP contribution in [0.1, 0.15) is 40.0 Å². The molecular weight excluding hydrogens is 344 g/mol. The Hall–Kier alpha value is -2.28. The number of amides is 2. The molecule has 0 aromatic heterocycles. The van der Waals surface area contributed by atoms with Gasteiger partial charge in [-0.25, -0.2) is 4.79 Å². The maximum absolute atomic E-state index is 12.2. The third-order valence-corrected chi connectivity index (χ3v) is 4.86. The Morgan fingerprint density at radius 2 is 1.89 bits per heavy atom. The molecule has 7 heteroatoms. The average Bonchev–Trinajstić information content (AvgIpc) is 2.93. The molecule has 2 saturated heterocycles. The van der Waals surface area contributed by atoms with E-state index in [0.29, 0.717) is 26.1 Å². The van der Waals surface area contributed by atoms with E-state index < -0.39 is 5.60 Å². The second-order valence-corrected chi connectivity index (χ2v) is 8.37. The van der Waals surface area contributed by atoms with Crippen LogP contribution in [0.4, 0.5) is 16.2 Å². The van der Waals surface area contributed by atoms with E-state index in [1.807, 2.05) is 45.0 Å². The molecule has 2 fully saturated rings. The number of nitrogens with one attached hydrogen (secondary N) is 1. The standard InChI is InChI=1S/C20H30N4O3/c1-20(2,3)27-19(26)23-10-8-15(9-11-23)22-16-6-4-5-7-17(16)24-13-14(21)12-18(24)25/h4-7,14-15,22H,8-13,21H2,1-3H3. The molecule has 0 aliphatic carbocycles. The number of piperidine rings is 1. The van der Waals surface area contributed by atoms with Crippen molar-refractivity contribution in [3.63, 3.8) is 0 Å². The van der Waals surface area contributed by atoms with Gasteiger partial charge in [0.2, 0.25) is 5.91 Å². The Labute approximate surface area is 160 Å². The fraction of sp³-hybridized carbons (Fsp3) is 0.600. The van der Waals surface area contributed by atoms with Gasteiger partial charge < -0.3 is 25.6 Å². The fourth-order valence-electron chi connectivity index (χ4n) is 3.55. The quantitative estimate of drug-likeness (QED) is 0.849. The zero-order valence-electron chi connectivity index (χ0n) is 16.4. The number of nitrogens with zero attached hydrogens (tertiary/aromatic N) is 2. The van der Waals surface area contributed by atoms with Crippen LogP contribution in [0.15, 0.2) is 24.3 Å². The van der Waals surface area contributed by atoms with Crippen LogP contribution < -0.4 is 16.0 Å². The summed E-state index contributed by atoms with van der Waals surface area (Å²) in [5, 5.41) is 3.56. The van der Waals surface area contributed by atoms with Gasteiger partial charge in [-0.3, -0.25) is 4.79 Å². The molecule has 1 atom stereocenters. The predicted molar refractivity (Wildman–Crippen MR) is 106 cm³/mol. The first-order valence-corrected chi connectivity index (χ1v) is 9.62. The van der Waals surface area contributed by atoms with Crippen molar-refractivity contribution >= 4 is 23.4 Å². The minimum absolute atomic E-state index is 0.0662. The van der Waals surface area contributed by atoms with Crippen molar-refractivity contribution < 1.29 is 14.3 Å². The van der Waals surface area contributed by atoms with E-state index in [2.05, 4.69) is 5.32 Å². The first-order valence-electron chi connectivity index (χ1n) is 9.62. The van der Waals surface area contributed by atoms with Crippen LogP contribution in [0.25, 0.3) is 0 Å². The normalized spacial score (nSPS) is 21.5. The number of rotatable bonds is 3. The minimum Gasteiger partial charge on any atom is -0.444 e. The number of carbonyl (C=O) groups is 2. The highest BCUT2D eigenvalue weighted by molar-refractivity contribution is 5.99. The highest BCUT2D eigenvalue weighted by atomic mass is 16.6. The summed E-state index contributed by atoms with van der Waals surface area (Å²) in [6.07, 6.45) is 1.81. The van der Waals surface area contributed by atoms with Crippen molar-refractivity contribution in [3.05, 3.63) is 24.3 Å². The van der Waals surface area contributed by atoms with Crippen molar-refractivity contribution in [2.75, 3.05) is 29.9 Å². The van der Waals surface area contributed by atoms with Gasteiger partial charge in [-0.2, -0.15) is 0 Å². The summed E-state index contributed by atoms with van der Waals surface area (Å²) in [7, 11) is 0. The molecular formula is C20H30N4O3. The molecule has 1 aromatic rings. The Bertz CT molecular complexity index is 693. The maximum atomic E-state index is 12.2. The number of nitrogens with two attached hydrogens (primary N) is 1. The number of hydrogen-bond acceptors (Lipinski definition) is 5. The molecule has 148 valence electrons. The SMILES string of the molecule is CC(C)(C)OC(=O)N1CCC(Nc2ccccc2N2CC(N)CC2=O)CC1. The molecule has 7 nitrogen and oxygen atoms in total. The van der Waals surface area contributed by atoms with Crippen molar-refractivity contribution in [1.82, 2.24) is 4.90 Å². The summed E-state index contributed by atoms with van der Waals surface area (Å²) >= 11 is 0. The highest BCUT2D eigenvalue weighted by Gasteiger charge is 2.31. The molecule has 3 rings (SSSR count). The van der Waals surface area contributed by atoms with Crippen LogP contribution in [0.5, 0.6) is 0 Å². The molecule has 2 aliphatic rings. The lowest BCUT2D eigenvalue weighted by molar-refractivity contribution is -0.117. The fourth-order valence-corrected chi connectivity index (χ4v) is 3.55. The van der Waals surface area contributed by atoms with E-state index in [-0.39, 0.29) is 24.1 Å². The lowest BCUT2D eigenvalue weighted by atomic mass is 10.0. The molecule has 2 aliphatic heterocycles. The van der Waals surface area contributed by atoms with Crippen LogP contribution in [0.2, 0.25) is 0 Å². The zero-order chi connectivity index (χ0) is 19.6. The molecule has 3 N–H and O–H groups in total. The van der Waals surface area contributed by atoms with Gasteiger partial charge in [0, 0.05) is 38.1 Å². The van der Waals surface area contributed by atoms with Gasteiger partial charge in [-0.05, 0) is 45.7 Å². The van der Waals surface area contributed by atoms with Gasteiger partial charge in [0.05, 0.1) is 11.4 Å². The minimum atomic E-state index is -0.478. The molecule has 0 radical (unpaired) electrons. The average molecular weight is 374 g/mol. The van der Waals surface area contributed by atoms with Gasteiger partial charge in [0.1, 0.15) is 5.60 Å². The third-order valence-electron chi connectivity index (χ3n) is 4.86. The zero-order valence-corrected chi connectivity index (χ0v) is 16.4. The third kappa shape index (κ3) is 4.91. The van der Waals surface area contributed by atoms with Gasteiger partial charge in [0.25, 0.3) is 0 Å². The van der Waals surface area contributed by atoms with E-state index in [1.54, 1.807) is 9.80 Å². The summed E-state index contributed by atoms with van der Waals surface area (Å²) in [5.41, 5.74) is 7.28. The van der Waals surface area contributed by atoms with Crippen LogP contribution in [0.3, 0.4) is 0 Å². The van der Waals surface area contributed by atoms with Gasteiger partial charge in [-0.1, -0.05) is 12.1 Å². The van der Waals surface area contributed by atoms with Crippen molar-refractivity contribution in [3.8, 4) is 0 Å². The largest absolute Gasteiger partial charge is 0.444 e. The van der Waals surface area contributed by atoms with Gasteiger partial charge in [-0.15, -0.1) is 0 Å². The van der Waals surface area contributed by atoms with E-state index in [1.165, 1.54) is 0 Å². The van der Waals surface area contributed by atoms with Crippen molar-refractivity contribution in [2.24, 2.45) is 5.73 Å². The summed E-state index contributed by atoms with van der Waals surface area (Å²) in [5.74, 6) is 0.0662. The van der Waals surface area contributed by atoms with Crippen LogP contribution in [0, 0.1) is 0 Å². The summed E-state index contributed by atoms with van der Waals surface area (Å²) in [4.78, 5) is 28.0. The number of likely N-dealkylation sites (tertiary alicyclic amines) is 1. The lowest BCUT2D eigenvalue weighted by Crippen LogP contribution is -2.44. The van der Waals surface area contributed by atoms with Crippen LogP contribution in [-0.4, -0.2) is 54.2 Å². The molecule has 1 unspecified atom stereocenters. The number of anilines is 2. The Kier molecular flexibility index (Phi) is 5.60. The second-order valence-electron chi connectivity index (χ2n) is 8.37. The Morgan fingerprint density at radius 1 is 1.22 bits per heavy atom. The van der Waals surface area contributed by atoms with Crippen LogP contribution >= 0.6 is 0 Å². The molecule has 2 heterocycles. The van der Waals surface area contributed by atoms with Crippen molar-refractivity contribution in [2.45, 2.75) is 57.7 Å². The molecule has 0 saturated carbocycles. The van der Waals surface area contributed by atoms with E-state index in [9.17, 15) is 9.59 Å². The smallest absolute Gasteiger partial charge is 0.410 e. The topological polar surface area (TPSA) is 87.9 Å². The molecule has 2 amide bonds. The van der Waals surface area contributed by atoms with E-state index in [4.69, 9.17) is 10.5 Å². The number of ether oxygens (including phenoxy) is 1. The molecule has 0 bridgehead atoms. The maximum Gasteiger partial charge on any atom is 0.410 e. The predicted octanol–water partition coefficient (Wildman–Crippen LogP) is 2.56. The first kappa shape index (κ1) is 19.5. The summed E-state index contributed by atoms with van der Waals surface area (Å²) < 4.78 is 5.45. The van der Waals surface area contributed by atoms with Gasteiger partial charge >= 0.3 is 6.09 Å². The Morgan fingerprint density at radius 3 is 2.48 bits per heavy atom. The highest BCUT2D eigenvalue weighted by Crippen LogP contribution is 2.31. The number of carbonyl (C=O) groups excluding carboxylic acids is 2. The second kappa shape index (κ2) is 7.76. The van der Waals surface area contributed by atoms with E-state index in [0.717, 1.165) is 24.2 Å². The lowest BCUT2D eigenvalue weighted by Gasteiger charge is -2.34. The van der Waals surface area contributed by atoms with Gasteiger partial charge in [0.15, 0.2) is 0 Å². The van der Waals surface area contributed by atoms with E-state index >= 15 is 0 Å². The van der Waals surface area contributed by atoms with Crippen LogP contribution in [-0.2, 0) is 9.53 Å². The molecule has 0 spiro atoms. The monoisotopic (exact) mass is 374 g/mol. The number of para-hydroxylation sites is 2. The number of hydrogen-bond donors (Lipinski definition) is 2. The first-order chi connectivity index (χ1) is 12.7. The molecule has 27 heavy (non-hydrogen) atoms. The summed E-state index contributed by atoms with van der Waals surface area (Å²) in [6, 6.07) is 7.98. The number of benzene rings is 1. The van der Waals surface area contributed by atoms with Crippen molar-refractivity contribution in [1.29, 1.82) is 0 Å².